The summed E-state index contributed by atoms with van der Waals surface area (Å²) in [7, 11) is 1.62. The Morgan fingerprint density at radius 1 is 1.40 bits per heavy atom. The van der Waals surface area contributed by atoms with Gasteiger partial charge in [-0.05, 0) is 27.8 Å². The van der Waals surface area contributed by atoms with Gasteiger partial charge in [-0.1, -0.05) is 11.8 Å². The molecule has 3 rings (SSSR count). The summed E-state index contributed by atoms with van der Waals surface area (Å²) >= 11 is 1.86. The third-order valence-corrected chi connectivity index (χ3v) is 7.05. The van der Waals surface area contributed by atoms with Crippen LogP contribution < -0.4 is 40.0 Å². The molecule has 1 N–H and O–H groups in total. The fourth-order valence-corrected chi connectivity index (χ4v) is 5.35. The average Bonchev–Trinajstić information content (AvgIpc) is 3.06. The second-order valence-corrected chi connectivity index (χ2v) is 8.89. The number of carbonyl (C=O) groups excluding carboxylic acids is 3. The number of β-lactam (4-membered cyclic amide) rings is 1. The van der Waals surface area contributed by atoms with E-state index in [-0.39, 0.29) is 46.8 Å². The number of hydrogen-bond donors (Lipinski definition) is 1. The standard InChI is InChI=1S/C13H13F3N6O4S3.Na/c1-21-12(18-19-20-21)28-3-5-2-27-10-7(9(24)22(10)8(5)11(25)26)17-6(23)4-29-13(14,15)16;/h7,10H,2-4H2,1H3,(H,17,23)(H,25,26);/q;+1/p-1/t7-,10+;/m0./s1. The number of aromatic nitrogens is 4. The van der Waals surface area contributed by atoms with E-state index in [0.717, 1.165) is 4.90 Å². The summed E-state index contributed by atoms with van der Waals surface area (Å²) in [5, 5.41) is 24.5. The zero-order valence-electron chi connectivity index (χ0n) is 15.5. The molecule has 0 aromatic carbocycles. The predicted octanol–water partition coefficient (Wildman–Crippen LogP) is -4.04. The molecule has 0 saturated carbocycles. The molecule has 10 nitrogen and oxygen atoms in total. The number of nitrogens with one attached hydrogen (secondary N) is 1. The number of aliphatic carboxylic acids is 1. The Bertz CT molecular complexity index is 883. The first kappa shape index (κ1) is 25.3. The summed E-state index contributed by atoms with van der Waals surface area (Å²) in [5.41, 5.74) is -4.44. The number of alkyl halides is 3. The van der Waals surface area contributed by atoms with Gasteiger partial charge in [-0.15, -0.1) is 16.9 Å². The summed E-state index contributed by atoms with van der Waals surface area (Å²) < 4.78 is 38.0. The monoisotopic (exact) mass is 492 g/mol. The molecule has 3 heterocycles. The van der Waals surface area contributed by atoms with Crippen LogP contribution in [0.3, 0.4) is 0 Å². The van der Waals surface area contributed by atoms with Crippen LogP contribution in [0, 0.1) is 0 Å². The number of aryl methyl sites for hydroxylation is 1. The minimum atomic E-state index is -4.57. The molecule has 0 aliphatic carbocycles. The molecule has 1 aromatic rings. The molecular formula is C13H12F3N6NaO4S3. The molecule has 2 aliphatic rings. The van der Waals surface area contributed by atoms with Crippen LogP contribution in [-0.4, -0.2) is 77.1 Å². The predicted molar refractivity (Wildman–Crippen MR) is 95.1 cm³/mol. The Kier molecular flexibility index (Phi) is 8.54. The quantitative estimate of drug-likeness (QED) is 0.228. The average molecular weight is 492 g/mol. The maximum Gasteiger partial charge on any atom is 1.00 e. The van der Waals surface area contributed by atoms with Crippen LogP contribution in [0.5, 0.6) is 0 Å². The minimum absolute atomic E-state index is 0. The molecule has 158 valence electrons. The number of tetrazole rings is 1. The van der Waals surface area contributed by atoms with E-state index in [2.05, 4.69) is 20.8 Å². The molecule has 17 heteroatoms. The van der Waals surface area contributed by atoms with Gasteiger partial charge in [0.05, 0.1) is 17.4 Å². The number of rotatable bonds is 7. The Morgan fingerprint density at radius 3 is 2.67 bits per heavy atom. The van der Waals surface area contributed by atoms with Crippen LogP contribution in [0.25, 0.3) is 0 Å². The number of amides is 2. The van der Waals surface area contributed by atoms with Crippen LogP contribution in [-0.2, 0) is 21.4 Å². The second kappa shape index (κ2) is 10.1. The largest absolute Gasteiger partial charge is 1.00 e. The van der Waals surface area contributed by atoms with E-state index in [0.29, 0.717) is 10.7 Å². The van der Waals surface area contributed by atoms with Gasteiger partial charge in [0.1, 0.15) is 11.4 Å². The van der Waals surface area contributed by atoms with Crippen molar-refractivity contribution in [3.8, 4) is 0 Å². The van der Waals surface area contributed by atoms with Crippen molar-refractivity contribution in [2.45, 2.75) is 22.1 Å². The first-order valence-electron chi connectivity index (χ1n) is 7.81. The summed E-state index contributed by atoms with van der Waals surface area (Å²) in [5.74, 6) is -3.68. The van der Waals surface area contributed by atoms with Gasteiger partial charge in [0.25, 0.3) is 5.91 Å². The molecule has 0 spiro atoms. The third kappa shape index (κ3) is 5.64. The number of carboxylic acid groups (broad SMARTS) is 1. The molecule has 0 unspecified atom stereocenters. The third-order valence-electron chi connectivity index (χ3n) is 3.88. The molecule has 1 fully saturated rings. The fourth-order valence-electron chi connectivity index (χ4n) is 2.64. The number of halogens is 3. The van der Waals surface area contributed by atoms with Gasteiger partial charge < -0.3 is 15.2 Å². The molecule has 1 saturated heterocycles. The van der Waals surface area contributed by atoms with Crippen molar-refractivity contribution >= 4 is 53.1 Å². The van der Waals surface area contributed by atoms with Crippen LogP contribution in [0.1, 0.15) is 0 Å². The number of carbonyl (C=O) groups is 3. The van der Waals surface area contributed by atoms with E-state index in [4.69, 9.17) is 0 Å². The summed E-state index contributed by atoms with van der Waals surface area (Å²) in [6.07, 6.45) is 0. The Balaban J connectivity index is 0.00000320. The molecular weight excluding hydrogens is 480 g/mol. The van der Waals surface area contributed by atoms with Crippen molar-refractivity contribution in [2.75, 3.05) is 17.3 Å². The smallest absolute Gasteiger partial charge is 0.543 e. The van der Waals surface area contributed by atoms with Crippen molar-refractivity contribution < 1.29 is 62.2 Å². The van der Waals surface area contributed by atoms with Crippen LogP contribution >= 0.6 is 35.3 Å². The number of hydrogen-bond acceptors (Lipinski definition) is 10. The van der Waals surface area contributed by atoms with E-state index in [9.17, 15) is 32.7 Å². The van der Waals surface area contributed by atoms with Crippen molar-refractivity contribution in [3.05, 3.63) is 11.3 Å². The van der Waals surface area contributed by atoms with Gasteiger partial charge in [-0.2, -0.15) is 13.2 Å². The van der Waals surface area contributed by atoms with Gasteiger partial charge in [0, 0.05) is 18.6 Å². The van der Waals surface area contributed by atoms with E-state index >= 15 is 0 Å². The van der Waals surface area contributed by atoms with E-state index < -0.39 is 52.2 Å². The molecule has 2 aliphatic heterocycles. The van der Waals surface area contributed by atoms with Crippen LogP contribution in [0.4, 0.5) is 13.2 Å². The molecule has 0 radical (unpaired) electrons. The molecule has 2 atom stereocenters. The molecule has 1 aromatic heterocycles. The molecule has 0 bridgehead atoms. The second-order valence-electron chi connectivity index (χ2n) is 5.80. The summed E-state index contributed by atoms with van der Waals surface area (Å²) in [6, 6.07) is -1.09. The maximum absolute atomic E-state index is 12.4. The van der Waals surface area contributed by atoms with Gasteiger partial charge in [0.2, 0.25) is 11.1 Å². The van der Waals surface area contributed by atoms with Crippen molar-refractivity contribution in [3.63, 3.8) is 0 Å². The fraction of sp³-hybridized carbons (Fsp3) is 0.538. The summed E-state index contributed by atoms with van der Waals surface area (Å²) in [6.45, 7) is 0. The first-order chi connectivity index (χ1) is 13.6. The van der Waals surface area contributed by atoms with E-state index in [1.807, 2.05) is 0 Å². The van der Waals surface area contributed by atoms with Crippen LogP contribution in [0.2, 0.25) is 0 Å². The van der Waals surface area contributed by atoms with Gasteiger partial charge in [-0.25, -0.2) is 4.68 Å². The van der Waals surface area contributed by atoms with Crippen molar-refractivity contribution in [1.82, 2.24) is 30.4 Å². The van der Waals surface area contributed by atoms with Crippen molar-refractivity contribution in [1.29, 1.82) is 0 Å². The van der Waals surface area contributed by atoms with Gasteiger partial charge in [0.15, 0.2) is 0 Å². The number of thioether (sulfide) groups is 3. The normalized spacial score (nSPS) is 20.9. The van der Waals surface area contributed by atoms with Gasteiger partial charge >= 0.3 is 35.1 Å². The SMILES string of the molecule is Cn1nnnc1SCC1=C(C(=O)[O-])N2C(=O)[C@H](NC(=O)CSC(F)(F)F)[C@H]2SC1.[Na+]. The molecule has 2 amide bonds. The summed E-state index contributed by atoms with van der Waals surface area (Å²) in [4.78, 5) is 36.7. The maximum atomic E-state index is 12.4. The van der Waals surface area contributed by atoms with E-state index in [1.54, 1.807) is 7.05 Å². The number of nitrogens with zero attached hydrogens (tertiary/aromatic N) is 5. The van der Waals surface area contributed by atoms with Crippen LogP contribution in [0.15, 0.2) is 16.4 Å². The minimum Gasteiger partial charge on any atom is -0.543 e. The Hall–Kier alpha value is -0.940. The first-order valence-corrected chi connectivity index (χ1v) is 10.8. The zero-order chi connectivity index (χ0) is 21.3. The number of fused-ring (bicyclic) bond motifs is 1. The Morgan fingerprint density at radius 2 is 2.10 bits per heavy atom. The van der Waals surface area contributed by atoms with Gasteiger partial charge in [-0.3, -0.25) is 14.5 Å². The topological polar surface area (TPSA) is 133 Å². The molecule has 30 heavy (non-hydrogen) atoms. The van der Waals surface area contributed by atoms with Crippen molar-refractivity contribution in [2.24, 2.45) is 7.05 Å². The zero-order valence-corrected chi connectivity index (χ0v) is 20.0. The Labute approximate surface area is 202 Å². The number of carboxylic acids is 1. The van der Waals surface area contributed by atoms with E-state index in [1.165, 1.54) is 28.2 Å².